The van der Waals surface area contributed by atoms with Crippen LogP contribution in [0.1, 0.15) is 27.2 Å². The van der Waals surface area contributed by atoms with Crippen LogP contribution in [0.25, 0.3) is 6.15 Å². The summed E-state index contributed by atoms with van der Waals surface area (Å²) in [4.78, 5) is 0. The van der Waals surface area contributed by atoms with Gasteiger partial charge in [-0.2, -0.15) is 26.8 Å². The second kappa shape index (κ2) is 36.0. The second-order valence-electron chi connectivity index (χ2n) is 3.08. The summed E-state index contributed by atoms with van der Waals surface area (Å²) in [6, 6.07) is 0. The topological polar surface area (TPSA) is 33.5 Å². The van der Waals surface area contributed by atoms with Crippen LogP contribution < -0.4 is 0 Å². The summed E-state index contributed by atoms with van der Waals surface area (Å²) in [5.74, 6) is 1.42. The van der Waals surface area contributed by atoms with Crippen molar-refractivity contribution in [2.45, 2.75) is 40.3 Å². The monoisotopic (exact) mass is 359 g/mol. The number of rotatable bonds is 0. The van der Waals surface area contributed by atoms with E-state index in [1.807, 2.05) is 12.2 Å². The van der Waals surface area contributed by atoms with Gasteiger partial charge in [0.1, 0.15) is 0 Å². The van der Waals surface area contributed by atoms with Gasteiger partial charge in [0.25, 0.3) is 0 Å². The average Bonchev–Trinajstić information content (AvgIpc) is 2.40. The van der Waals surface area contributed by atoms with Crippen molar-refractivity contribution in [3.8, 4) is 0 Å². The minimum atomic E-state index is 0. The van der Waals surface area contributed by atoms with Gasteiger partial charge in [-0.05, 0) is 0 Å². The molecule has 2 radical (unpaired) electrons. The third-order valence-electron chi connectivity index (χ3n) is 0.586. The Labute approximate surface area is 136 Å². The average molecular weight is 362 g/mol. The Bertz CT molecular complexity index is 118. The van der Waals surface area contributed by atoms with E-state index >= 15 is 0 Å². The predicted molar refractivity (Wildman–Crippen MR) is 80.5 cm³/mol. The van der Waals surface area contributed by atoms with Crippen molar-refractivity contribution in [1.29, 1.82) is 0 Å². The Hall–Kier alpha value is 1.12. The van der Waals surface area contributed by atoms with Crippen molar-refractivity contribution >= 4 is 34.3 Å². The number of nitrogens with two attached hydrogens (primary N) is 1. The summed E-state index contributed by atoms with van der Waals surface area (Å²) in [5, 5.41) is 0. The van der Waals surface area contributed by atoms with Crippen LogP contribution in [0.2, 0.25) is 13.1 Å². The van der Waals surface area contributed by atoms with Crippen LogP contribution in [0.4, 0.5) is 0 Å². The standard InChI is InChI=1S/C5H5.C4H9.C2H7Si.2ClH.H2N.Zr/c1-2-4-5-3-1;1-4(2)3;1-3-2;;;;/h1-3H,4H2;1-3H3;3H,1-2H3;2*1H;1H2;/q2*-1;;;;-1;+3. The first-order valence-corrected chi connectivity index (χ1v) is 6.68. The molecule has 0 aromatic heterocycles. The first-order valence-electron chi connectivity index (χ1n) is 4.37. The zero-order valence-corrected chi connectivity index (χ0v) is 16.2. The van der Waals surface area contributed by atoms with Crippen LogP contribution >= 0.6 is 24.8 Å². The molecule has 1 aliphatic rings. The Morgan fingerprint density at radius 1 is 1.12 bits per heavy atom. The molecule has 0 amide bonds. The van der Waals surface area contributed by atoms with E-state index in [1.165, 1.54) is 5.92 Å². The molecule has 1 nitrogen and oxygen atoms in total. The molecule has 0 saturated carbocycles. The zero-order chi connectivity index (χ0) is 9.82. The molecule has 1 aliphatic carbocycles. The van der Waals surface area contributed by atoms with Gasteiger partial charge in [-0.15, -0.1) is 31.2 Å². The maximum Gasteiger partial charge on any atom is 3.00 e. The van der Waals surface area contributed by atoms with Gasteiger partial charge < -0.3 is 12.1 Å². The second-order valence-corrected chi connectivity index (χ2v) is 4.24. The van der Waals surface area contributed by atoms with Gasteiger partial charge in [0.05, 0.1) is 0 Å². The zero-order valence-electron chi connectivity index (χ0n) is 10.9. The molecule has 0 heterocycles. The maximum absolute atomic E-state index is 2.99. The van der Waals surface area contributed by atoms with Gasteiger partial charge in [0.15, 0.2) is 0 Å². The molecule has 0 fully saturated rings. The van der Waals surface area contributed by atoms with Gasteiger partial charge >= 0.3 is 26.2 Å². The summed E-state index contributed by atoms with van der Waals surface area (Å²) in [6.07, 6.45) is 10.0. The van der Waals surface area contributed by atoms with Crippen molar-refractivity contribution in [1.82, 2.24) is 0 Å². The van der Waals surface area contributed by atoms with E-state index in [-0.39, 0.29) is 57.2 Å². The van der Waals surface area contributed by atoms with Crippen LogP contribution in [0.3, 0.4) is 0 Å². The van der Waals surface area contributed by atoms with Gasteiger partial charge in [-0.3, -0.25) is 6.08 Å². The molecular formula is C11H25Cl2NSiZr. The van der Waals surface area contributed by atoms with Crippen LogP contribution in [0.5, 0.6) is 0 Å². The fourth-order valence-corrected chi connectivity index (χ4v) is 0.340. The van der Waals surface area contributed by atoms with Gasteiger partial charge in [-0.1, -0.05) is 13.1 Å². The van der Waals surface area contributed by atoms with Crippen LogP contribution in [-0.4, -0.2) is 9.52 Å². The Kier molecular flexibility index (Phi) is 80.9. The predicted octanol–water partition coefficient (Wildman–Crippen LogP) is 5.00. The molecule has 96 valence electrons. The fourth-order valence-electron chi connectivity index (χ4n) is 0.340. The Morgan fingerprint density at radius 2 is 1.44 bits per heavy atom. The first kappa shape index (κ1) is 36.0. The van der Waals surface area contributed by atoms with E-state index in [0.29, 0.717) is 0 Å². The molecule has 0 bridgehead atoms. The van der Waals surface area contributed by atoms with E-state index in [2.05, 4.69) is 46.0 Å². The molecule has 0 spiro atoms. The van der Waals surface area contributed by atoms with Crippen molar-refractivity contribution in [3.63, 3.8) is 0 Å². The smallest absolute Gasteiger partial charge is 0.693 e. The SMILES string of the molecule is C[C-](C)C.C[SiH]C.Cl.Cl.[C-]1=CC=CC1.[NH2-].[Zr+3]. The van der Waals surface area contributed by atoms with Crippen molar-refractivity contribution in [2.24, 2.45) is 0 Å². The van der Waals surface area contributed by atoms with Crippen LogP contribution in [0.15, 0.2) is 18.2 Å². The molecular weight excluding hydrogens is 336 g/mol. The van der Waals surface area contributed by atoms with E-state index in [9.17, 15) is 0 Å². The van der Waals surface area contributed by atoms with Crippen molar-refractivity contribution in [3.05, 3.63) is 36.4 Å². The summed E-state index contributed by atoms with van der Waals surface area (Å²) in [5.41, 5.74) is 0. The molecule has 0 atom stereocenters. The molecule has 0 saturated heterocycles. The Balaban J connectivity index is -0.0000000215. The minimum Gasteiger partial charge on any atom is -0.693 e. The summed E-state index contributed by atoms with van der Waals surface area (Å²) >= 11 is 0. The summed E-state index contributed by atoms with van der Waals surface area (Å²) in [7, 11) is 0.750. The third kappa shape index (κ3) is 80.5. The minimum absolute atomic E-state index is 0. The van der Waals surface area contributed by atoms with E-state index in [4.69, 9.17) is 0 Å². The quantitative estimate of drug-likeness (QED) is 0.430. The van der Waals surface area contributed by atoms with Gasteiger partial charge in [0, 0.05) is 9.52 Å². The number of halogens is 2. The van der Waals surface area contributed by atoms with Crippen molar-refractivity contribution < 1.29 is 26.2 Å². The molecule has 0 aromatic rings. The first-order chi connectivity index (χ1) is 5.65. The largest absolute Gasteiger partial charge is 3.00 e. The van der Waals surface area contributed by atoms with Crippen LogP contribution in [0, 0.1) is 12.0 Å². The molecule has 1 rings (SSSR count). The molecule has 16 heavy (non-hydrogen) atoms. The maximum atomic E-state index is 2.99. The molecule has 0 unspecified atom stereocenters. The van der Waals surface area contributed by atoms with Crippen LogP contribution in [-0.2, 0) is 26.2 Å². The molecule has 5 heteroatoms. The number of hydrogen-bond acceptors (Lipinski definition) is 0. The van der Waals surface area contributed by atoms with Crippen molar-refractivity contribution in [2.75, 3.05) is 0 Å². The van der Waals surface area contributed by atoms with E-state index < -0.39 is 0 Å². The molecule has 0 aromatic carbocycles. The van der Waals surface area contributed by atoms with Gasteiger partial charge in [-0.25, -0.2) is 12.2 Å². The number of hydrogen-bond donors (Lipinski definition) is 0. The van der Waals surface area contributed by atoms with E-state index in [1.54, 1.807) is 0 Å². The summed E-state index contributed by atoms with van der Waals surface area (Å²) < 4.78 is 0. The third-order valence-corrected chi connectivity index (χ3v) is 0.586. The normalized spacial score (nSPS) is 8.88. The fraction of sp³-hybridized carbons (Fsp3) is 0.545. The van der Waals surface area contributed by atoms with E-state index in [0.717, 1.165) is 15.9 Å². The summed E-state index contributed by atoms with van der Waals surface area (Å²) in [6.45, 7) is 10.7. The molecule has 2 N–H and O–H groups in total. The van der Waals surface area contributed by atoms with Gasteiger partial charge in [0.2, 0.25) is 0 Å². The number of allylic oxidation sites excluding steroid dienone is 4. The molecule has 0 aliphatic heterocycles. The Morgan fingerprint density at radius 3 is 1.50 bits per heavy atom.